The van der Waals surface area contributed by atoms with Crippen LogP contribution in [-0.2, 0) is 4.79 Å². The van der Waals surface area contributed by atoms with Crippen molar-refractivity contribution in [2.75, 3.05) is 25.0 Å². The van der Waals surface area contributed by atoms with Crippen molar-refractivity contribution in [1.82, 2.24) is 10.6 Å². The van der Waals surface area contributed by atoms with Gasteiger partial charge in [0.15, 0.2) is 0 Å². The van der Waals surface area contributed by atoms with E-state index in [1.165, 1.54) is 6.07 Å². The normalized spacial score (nSPS) is 10.1. The first-order valence-electron chi connectivity index (χ1n) is 8.47. The maximum atomic E-state index is 12.1. The number of carbonyl (C=O) groups is 2. The highest BCUT2D eigenvalue weighted by atomic mass is 16.6. The number of nitrogens with zero attached hydrogens (tertiary/aromatic N) is 1. The molecule has 0 aliphatic rings. The second-order valence-corrected chi connectivity index (χ2v) is 6.11. The predicted octanol–water partition coefficient (Wildman–Crippen LogP) is 2.17. The van der Waals surface area contributed by atoms with Gasteiger partial charge in [-0.2, -0.15) is 0 Å². The lowest BCUT2D eigenvalue weighted by Gasteiger charge is -2.09. The summed E-state index contributed by atoms with van der Waals surface area (Å²) >= 11 is 0. The molecule has 2 rings (SSSR count). The van der Waals surface area contributed by atoms with Gasteiger partial charge in [-0.3, -0.25) is 19.7 Å². The highest BCUT2D eigenvalue weighted by Crippen LogP contribution is 2.22. The molecule has 0 saturated heterocycles. The van der Waals surface area contributed by atoms with E-state index < -0.39 is 4.92 Å². The Bertz CT molecular complexity index is 831. The summed E-state index contributed by atoms with van der Waals surface area (Å²) in [6.07, 6.45) is 0. The summed E-state index contributed by atoms with van der Waals surface area (Å²) < 4.78 is 0. The minimum atomic E-state index is -0.469. The minimum absolute atomic E-state index is 0.0236. The van der Waals surface area contributed by atoms with Crippen LogP contribution in [0.5, 0.6) is 0 Å². The van der Waals surface area contributed by atoms with Crippen molar-refractivity contribution in [3.63, 3.8) is 0 Å². The Hall–Kier alpha value is -3.42. The van der Waals surface area contributed by atoms with E-state index in [9.17, 15) is 19.7 Å². The van der Waals surface area contributed by atoms with Gasteiger partial charge < -0.3 is 16.0 Å². The zero-order valence-electron chi connectivity index (χ0n) is 15.2. The molecular weight excluding hydrogens is 348 g/mol. The Kier molecular flexibility index (Phi) is 6.87. The lowest BCUT2D eigenvalue weighted by molar-refractivity contribution is -0.384. The number of benzene rings is 2. The number of nitrogens with one attached hydrogen (secondary N) is 3. The van der Waals surface area contributed by atoms with Gasteiger partial charge in [0.25, 0.3) is 11.6 Å². The molecule has 3 N–H and O–H groups in total. The number of rotatable bonds is 8. The number of nitro benzene ring substituents is 1. The van der Waals surface area contributed by atoms with Crippen LogP contribution in [0.1, 0.15) is 21.5 Å². The summed E-state index contributed by atoms with van der Waals surface area (Å²) in [4.78, 5) is 34.4. The topological polar surface area (TPSA) is 113 Å². The molecule has 0 aromatic heterocycles. The monoisotopic (exact) mass is 370 g/mol. The van der Waals surface area contributed by atoms with E-state index in [0.717, 1.165) is 11.1 Å². The summed E-state index contributed by atoms with van der Waals surface area (Å²) in [5.74, 6) is -0.646. The zero-order valence-corrected chi connectivity index (χ0v) is 15.2. The van der Waals surface area contributed by atoms with Gasteiger partial charge in [-0.05, 0) is 32.0 Å². The molecule has 0 aliphatic heterocycles. The highest BCUT2D eigenvalue weighted by molar-refractivity contribution is 5.96. The van der Waals surface area contributed by atoms with Crippen LogP contribution in [0.2, 0.25) is 0 Å². The molecule has 0 saturated carbocycles. The molecule has 8 nitrogen and oxygen atoms in total. The molecular formula is C19H22N4O4. The van der Waals surface area contributed by atoms with Crippen molar-refractivity contribution in [3.05, 3.63) is 69.3 Å². The van der Waals surface area contributed by atoms with Gasteiger partial charge in [-0.1, -0.05) is 29.3 Å². The average molecular weight is 370 g/mol. The van der Waals surface area contributed by atoms with Gasteiger partial charge in [0.1, 0.15) is 5.69 Å². The second kappa shape index (κ2) is 9.33. The first kappa shape index (κ1) is 19.9. The summed E-state index contributed by atoms with van der Waals surface area (Å²) in [7, 11) is 0. The fourth-order valence-electron chi connectivity index (χ4n) is 2.61. The molecule has 27 heavy (non-hydrogen) atoms. The van der Waals surface area contributed by atoms with Crippen molar-refractivity contribution in [2.45, 2.75) is 13.8 Å². The summed E-state index contributed by atoms with van der Waals surface area (Å²) in [5.41, 5.74) is 2.83. The van der Waals surface area contributed by atoms with E-state index in [1.807, 2.05) is 19.9 Å². The van der Waals surface area contributed by atoms with Crippen LogP contribution in [0.25, 0.3) is 0 Å². The lowest BCUT2D eigenvalue weighted by Crippen LogP contribution is -2.38. The van der Waals surface area contributed by atoms with Gasteiger partial charge in [0.2, 0.25) is 5.91 Å². The number of nitro groups is 1. The molecule has 0 atom stereocenters. The highest BCUT2D eigenvalue weighted by Gasteiger charge is 2.12. The Labute approximate surface area is 157 Å². The molecule has 0 aliphatic carbocycles. The van der Waals surface area contributed by atoms with Crippen molar-refractivity contribution >= 4 is 23.2 Å². The Morgan fingerprint density at radius 1 is 1.00 bits per heavy atom. The molecule has 2 aromatic carbocycles. The summed E-state index contributed by atoms with van der Waals surface area (Å²) in [6.45, 7) is 4.25. The van der Waals surface area contributed by atoms with Gasteiger partial charge >= 0.3 is 0 Å². The lowest BCUT2D eigenvalue weighted by atomic mass is 10.1. The van der Waals surface area contributed by atoms with Crippen molar-refractivity contribution in [1.29, 1.82) is 0 Å². The largest absolute Gasteiger partial charge is 0.378 e. The first-order valence-corrected chi connectivity index (χ1v) is 8.47. The number of amides is 2. The van der Waals surface area contributed by atoms with E-state index >= 15 is 0 Å². The van der Waals surface area contributed by atoms with Crippen molar-refractivity contribution in [3.8, 4) is 0 Å². The standard InChI is InChI=1S/C19H22N4O4/c1-13-9-14(2)11-15(10-13)19(25)22-12-18(24)21-8-7-20-16-5-3-4-6-17(16)23(26)27/h3-6,9-11,20H,7-8,12H2,1-2H3,(H,21,24)(H,22,25). The molecule has 8 heteroatoms. The number of hydrogen-bond donors (Lipinski definition) is 3. The van der Waals surface area contributed by atoms with E-state index in [-0.39, 0.29) is 30.6 Å². The molecule has 0 heterocycles. The SMILES string of the molecule is Cc1cc(C)cc(C(=O)NCC(=O)NCCNc2ccccc2[N+](=O)[O-])c1. The third-order valence-corrected chi connectivity index (χ3v) is 3.76. The second-order valence-electron chi connectivity index (χ2n) is 6.11. The smallest absolute Gasteiger partial charge is 0.292 e. The fraction of sp³-hybridized carbons (Fsp3) is 0.263. The quantitative estimate of drug-likeness (QED) is 0.374. The van der Waals surface area contributed by atoms with Crippen LogP contribution in [0.4, 0.5) is 11.4 Å². The molecule has 0 unspecified atom stereocenters. The van der Waals surface area contributed by atoms with Gasteiger partial charge in [0.05, 0.1) is 11.5 Å². The van der Waals surface area contributed by atoms with Crippen LogP contribution < -0.4 is 16.0 Å². The van der Waals surface area contributed by atoms with Crippen molar-refractivity contribution < 1.29 is 14.5 Å². The Balaban J connectivity index is 1.74. The molecule has 0 bridgehead atoms. The van der Waals surface area contributed by atoms with E-state index in [1.54, 1.807) is 30.3 Å². The maximum absolute atomic E-state index is 12.1. The molecule has 0 fully saturated rings. The van der Waals surface area contributed by atoms with E-state index in [2.05, 4.69) is 16.0 Å². The minimum Gasteiger partial charge on any atom is -0.378 e. The predicted molar refractivity (Wildman–Crippen MR) is 103 cm³/mol. The molecule has 0 spiro atoms. The third-order valence-electron chi connectivity index (χ3n) is 3.76. The average Bonchev–Trinajstić information content (AvgIpc) is 2.62. The summed E-state index contributed by atoms with van der Waals surface area (Å²) in [5, 5.41) is 19.1. The number of anilines is 1. The number of hydrogen-bond acceptors (Lipinski definition) is 5. The fourth-order valence-corrected chi connectivity index (χ4v) is 2.61. The molecule has 2 aromatic rings. The van der Waals surface area contributed by atoms with Crippen LogP contribution in [0.3, 0.4) is 0 Å². The first-order chi connectivity index (χ1) is 12.9. The van der Waals surface area contributed by atoms with Gasteiger partial charge in [0, 0.05) is 24.7 Å². The number of aryl methyl sites for hydroxylation is 2. The zero-order chi connectivity index (χ0) is 19.8. The van der Waals surface area contributed by atoms with Crippen LogP contribution in [0, 0.1) is 24.0 Å². The van der Waals surface area contributed by atoms with Gasteiger partial charge in [-0.25, -0.2) is 0 Å². The number of para-hydroxylation sites is 2. The summed E-state index contributed by atoms with van der Waals surface area (Å²) in [6, 6.07) is 11.8. The maximum Gasteiger partial charge on any atom is 0.292 e. The van der Waals surface area contributed by atoms with Gasteiger partial charge in [-0.15, -0.1) is 0 Å². The molecule has 2 amide bonds. The van der Waals surface area contributed by atoms with E-state index in [4.69, 9.17) is 0 Å². The van der Waals surface area contributed by atoms with E-state index in [0.29, 0.717) is 17.8 Å². The molecule has 142 valence electrons. The third kappa shape index (κ3) is 6.10. The van der Waals surface area contributed by atoms with Crippen LogP contribution in [0.15, 0.2) is 42.5 Å². The van der Waals surface area contributed by atoms with Crippen molar-refractivity contribution in [2.24, 2.45) is 0 Å². The van der Waals surface area contributed by atoms with Crippen LogP contribution in [-0.4, -0.2) is 36.4 Å². The van der Waals surface area contributed by atoms with Crippen LogP contribution >= 0.6 is 0 Å². The Morgan fingerprint density at radius 2 is 1.67 bits per heavy atom. The number of carbonyl (C=O) groups excluding carboxylic acids is 2. The molecule has 0 radical (unpaired) electrons. The Morgan fingerprint density at radius 3 is 2.33 bits per heavy atom.